The van der Waals surface area contributed by atoms with Crippen LogP contribution in [0.25, 0.3) is 6.08 Å². The van der Waals surface area contributed by atoms with Gasteiger partial charge < -0.3 is 10.2 Å². The quantitative estimate of drug-likeness (QED) is 0.765. The maximum Gasteiger partial charge on any atom is 0.270 e. The van der Waals surface area contributed by atoms with E-state index in [1.165, 1.54) is 11.9 Å². The highest BCUT2D eigenvalue weighted by Crippen LogP contribution is 2.14. The fourth-order valence-corrected chi connectivity index (χ4v) is 2.96. The molecule has 27 heavy (non-hydrogen) atoms. The van der Waals surface area contributed by atoms with Gasteiger partial charge in [-0.1, -0.05) is 48.6 Å². The summed E-state index contributed by atoms with van der Waals surface area (Å²) in [6.07, 6.45) is 7.46. The van der Waals surface area contributed by atoms with E-state index >= 15 is 0 Å². The summed E-state index contributed by atoms with van der Waals surface area (Å²) in [5.74, 6) is 0.594. The highest BCUT2D eigenvalue weighted by Gasteiger charge is 2.18. The Morgan fingerprint density at radius 1 is 1.15 bits per heavy atom. The average Bonchev–Trinajstić information content (AvgIpc) is 2.73. The first-order chi connectivity index (χ1) is 13.3. The smallest absolute Gasteiger partial charge is 0.270 e. The summed E-state index contributed by atoms with van der Waals surface area (Å²) in [7, 11) is 0. The Kier molecular flexibility index (Phi) is 6.71. The molecule has 1 saturated heterocycles. The molecule has 2 heterocycles. The SMILES string of the molecule is C=CCNC(=O)c1cc(N2CCN(C/C=C/c3ccccc3)CC2)ncn1. The molecule has 1 aliphatic rings. The van der Waals surface area contributed by atoms with E-state index < -0.39 is 0 Å². The van der Waals surface area contributed by atoms with Crippen LogP contribution in [0.1, 0.15) is 16.1 Å². The third-order valence-corrected chi connectivity index (χ3v) is 4.46. The minimum atomic E-state index is -0.205. The number of anilines is 1. The van der Waals surface area contributed by atoms with Crippen LogP contribution in [0.2, 0.25) is 0 Å². The van der Waals surface area contributed by atoms with E-state index in [4.69, 9.17) is 0 Å². The molecular formula is C21H25N5O. The van der Waals surface area contributed by atoms with Crippen LogP contribution >= 0.6 is 0 Å². The van der Waals surface area contributed by atoms with E-state index in [0.29, 0.717) is 12.2 Å². The fourth-order valence-electron chi connectivity index (χ4n) is 2.96. The lowest BCUT2D eigenvalue weighted by Gasteiger charge is -2.34. The Morgan fingerprint density at radius 3 is 2.67 bits per heavy atom. The minimum absolute atomic E-state index is 0.205. The predicted molar refractivity (Wildman–Crippen MR) is 109 cm³/mol. The first kappa shape index (κ1) is 18.8. The molecule has 1 amide bonds. The van der Waals surface area contributed by atoms with Crippen LogP contribution in [0.15, 0.2) is 61.5 Å². The molecule has 1 N–H and O–H groups in total. The van der Waals surface area contributed by atoms with Crippen molar-refractivity contribution in [1.82, 2.24) is 20.2 Å². The molecule has 0 spiro atoms. The van der Waals surface area contributed by atoms with Gasteiger partial charge in [0.25, 0.3) is 5.91 Å². The highest BCUT2D eigenvalue weighted by molar-refractivity contribution is 5.92. The fraction of sp³-hybridized carbons (Fsp3) is 0.286. The van der Waals surface area contributed by atoms with Crippen molar-refractivity contribution in [2.45, 2.75) is 0 Å². The van der Waals surface area contributed by atoms with Gasteiger partial charge in [-0.2, -0.15) is 0 Å². The van der Waals surface area contributed by atoms with Crippen molar-refractivity contribution in [3.63, 3.8) is 0 Å². The maximum absolute atomic E-state index is 12.0. The number of rotatable bonds is 7. The van der Waals surface area contributed by atoms with Crippen molar-refractivity contribution >= 4 is 17.8 Å². The number of nitrogens with one attached hydrogen (secondary N) is 1. The normalized spacial score (nSPS) is 15.0. The van der Waals surface area contributed by atoms with E-state index in [2.05, 4.69) is 55.9 Å². The van der Waals surface area contributed by atoms with Gasteiger partial charge >= 0.3 is 0 Å². The van der Waals surface area contributed by atoms with E-state index in [0.717, 1.165) is 38.5 Å². The van der Waals surface area contributed by atoms with Crippen LogP contribution in [0.3, 0.4) is 0 Å². The molecule has 6 heteroatoms. The van der Waals surface area contributed by atoms with E-state index in [-0.39, 0.29) is 5.91 Å². The Hall–Kier alpha value is -2.99. The van der Waals surface area contributed by atoms with Gasteiger partial charge in [0.15, 0.2) is 0 Å². The van der Waals surface area contributed by atoms with Gasteiger partial charge in [-0.25, -0.2) is 9.97 Å². The number of aromatic nitrogens is 2. The second kappa shape index (κ2) is 9.64. The minimum Gasteiger partial charge on any atom is -0.354 e. The monoisotopic (exact) mass is 363 g/mol. The topological polar surface area (TPSA) is 61.4 Å². The number of benzene rings is 1. The Morgan fingerprint density at radius 2 is 1.93 bits per heavy atom. The van der Waals surface area contributed by atoms with Crippen LogP contribution in [0, 0.1) is 0 Å². The van der Waals surface area contributed by atoms with Gasteiger partial charge in [0, 0.05) is 45.3 Å². The van der Waals surface area contributed by atoms with Crippen LogP contribution in [-0.4, -0.2) is 60.0 Å². The van der Waals surface area contributed by atoms with E-state index in [1.807, 2.05) is 18.2 Å². The third kappa shape index (κ3) is 5.49. The van der Waals surface area contributed by atoms with Crippen molar-refractivity contribution in [1.29, 1.82) is 0 Å². The van der Waals surface area contributed by atoms with Gasteiger partial charge in [-0.3, -0.25) is 9.69 Å². The predicted octanol–water partition coefficient (Wildman–Crippen LogP) is 2.23. The average molecular weight is 363 g/mol. The van der Waals surface area contributed by atoms with Gasteiger partial charge in [0.2, 0.25) is 0 Å². The number of piperazine rings is 1. The highest BCUT2D eigenvalue weighted by atomic mass is 16.1. The summed E-state index contributed by atoms with van der Waals surface area (Å²) < 4.78 is 0. The number of hydrogen-bond acceptors (Lipinski definition) is 5. The van der Waals surface area contributed by atoms with Crippen LogP contribution < -0.4 is 10.2 Å². The Balaban J connectivity index is 1.51. The molecule has 0 saturated carbocycles. The van der Waals surface area contributed by atoms with Crippen LogP contribution in [0.5, 0.6) is 0 Å². The molecule has 0 radical (unpaired) electrons. The Bertz CT molecular complexity index is 782. The summed E-state index contributed by atoms with van der Waals surface area (Å²) >= 11 is 0. The van der Waals surface area contributed by atoms with E-state index in [9.17, 15) is 4.79 Å². The van der Waals surface area contributed by atoms with Crippen molar-refractivity contribution in [3.05, 3.63) is 72.7 Å². The lowest BCUT2D eigenvalue weighted by Crippen LogP contribution is -2.46. The molecule has 2 aromatic rings. The summed E-state index contributed by atoms with van der Waals surface area (Å²) in [4.78, 5) is 25.1. The second-order valence-corrected chi connectivity index (χ2v) is 6.36. The summed E-state index contributed by atoms with van der Waals surface area (Å²) in [6, 6.07) is 12.1. The van der Waals surface area contributed by atoms with Gasteiger partial charge in [-0.05, 0) is 5.56 Å². The number of carbonyl (C=O) groups is 1. The van der Waals surface area contributed by atoms with Gasteiger partial charge in [-0.15, -0.1) is 6.58 Å². The maximum atomic E-state index is 12.0. The van der Waals surface area contributed by atoms with Crippen molar-refractivity contribution in [3.8, 4) is 0 Å². The third-order valence-electron chi connectivity index (χ3n) is 4.46. The second-order valence-electron chi connectivity index (χ2n) is 6.36. The molecule has 6 nitrogen and oxygen atoms in total. The lowest BCUT2D eigenvalue weighted by atomic mass is 10.2. The molecule has 140 valence electrons. The summed E-state index contributed by atoms with van der Waals surface area (Å²) in [6.45, 7) is 8.63. The summed E-state index contributed by atoms with van der Waals surface area (Å²) in [5, 5.41) is 2.74. The number of nitrogens with zero attached hydrogens (tertiary/aromatic N) is 4. The molecule has 1 aliphatic heterocycles. The molecule has 0 unspecified atom stereocenters. The molecule has 1 aromatic heterocycles. The molecule has 0 bridgehead atoms. The zero-order chi connectivity index (χ0) is 18.9. The standard InChI is InChI=1S/C21H25N5O/c1-2-10-22-21(27)19-16-20(24-17-23-19)26-14-12-25(13-15-26)11-6-9-18-7-4-3-5-8-18/h2-9,16-17H,1,10-15H2,(H,22,27)/b9-6+. The first-order valence-corrected chi connectivity index (χ1v) is 9.16. The molecular weight excluding hydrogens is 338 g/mol. The molecule has 0 aliphatic carbocycles. The molecule has 0 atom stereocenters. The number of hydrogen-bond donors (Lipinski definition) is 1. The zero-order valence-corrected chi connectivity index (χ0v) is 15.4. The van der Waals surface area contributed by atoms with Crippen LogP contribution in [-0.2, 0) is 0 Å². The van der Waals surface area contributed by atoms with Crippen LogP contribution in [0.4, 0.5) is 5.82 Å². The largest absolute Gasteiger partial charge is 0.354 e. The molecule has 1 fully saturated rings. The van der Waals surface area contributed by atoms with Crippen molar-refractivity contribution < 1.29 is 4.79 Å². The lowest BCUT2D eigenvalue weighted by molar-refractivity contribution is 0.0953. The molecule has 1 aromatic carbocycles. The van der Waals surface area contributed by atoms with Crippen molar-refractivity contribution in [2.75, 3.05) is 44.2 Å². The summed E-state index contributed by atoms with van der Waals surface area (Å²) in [5.41, 5.74) is 1.61. The molecule has 3 rings (SSSR count). The van der Waals surface area contributed by atoms with Gasteiger partial charge in [0.1, 0.15) is 17.8 Å². The zero-order valence-electron chi connectivity index (χ0n) is 15.4. The number of carbonyl (C=O) groups excluding carboxylic acids is 1. The van der Waals surface area contributed by atoms with Crippen molar-refractivity contribution in [2.24, 2.45) is 0 Å². The first-order valence-electron chi connectivity index (χ1n) is 9.16. The Labute approximate surface area is 160 Å². The number of amides is 1. The van der Waals surface area contributed by atoms with Gasteiger partial charge in [0.05, 0.1) is 0 Å². The van der Waals surface area contributed by atoms with E-state index in [1.54, 1.807) is 12.1 Å².